The topological polar surface area (TPSA) is 83.8 Å². The van der Waals surface area contributed by atoms with Gasteiger partial charge in [-0.05, 0) is 26.0 Å². The molecule has 0 aliphatic carbocycles. The molecular formula is C15H26NO5S+. The molecule has 1 aliphatic heterocycles. The van der Waals surface area contributed by atoms with E-state index in [1.807, 2.05) is 6.92 Å². The zero-order chi connectivity index (χ0) is 16.6. The number of aliphatic hydroxyl groups excluding tert-OH is 1. The summed E-state index contributed by atoms with van der Waals surface area (Å²) in [5, 5.41) is 8.86. The van der Waals surface area contributed by atoms with E-state index in [0.29, 0.717) is 6.61 Å². The van der Waals surface area contributed by atoms with E-state index in [0.717, 1.165) is 49.4 Å². The predicted molar refractivity (Wildman–Crippen MR) is 84.3 cm³/mol. The maximum absolute atomic E-state index is 10.5. The predicted octanol–water partition coefficient (Wildman–Crippen LogP) is 1.09. The molecule has 0 atom stereocenters. The van der Waals surface area contributed by atoms with Crippen LogP contribution in [0.3, 0.4) is 0 Å². The molecule has 0 spiro atoms. The van der Waals surface area contributed by atoms with Gasteiger partial charge in [-0.2, -0.15) is 8.42 Å². The highest BCUT2D eigenvalue weighted by atomic mass is 32.2. The number of morpholine rings is 1. The van der Waals surface area contributed by atoms with Gasteiger partial charge in [0.2, 0.25) is 0 Å². The Labute approximate surface area is 132 Å². The van der Waals surface area contributed by atoms with Gasteiger partial charge in [0, 0.05) is 0 Å². The molecule has 1 heterocycles. The molecule has 1 fully saturated rings. The van der Waals surface area contributed by atoms with E-state index in [1.54, 1.807) is 12.1 Å². The normalized spacial score (nSPS) is 17.5. The fourth-order valence-corrected chi connectivity index (χ4v) is 2.83. The number of rotatable bonds is 4. The highest BCUT2D eigenvalue weighted by molar-refractivity contribution is 7.85. The Morgan fingerprint density at radius 1 is 1.18 bits per heavy atom. The molecule has 7 heteroatoms. The van der Waals surface area contributed by atoms with Crippen molar-refractivity contribution in [1.29, 1.82) is 0 Å². The molecule has 126 valence electrons. The fraction of sp³-hybridized carbons (Fsp3) is 0.600. The SMILES string of the molecule is CC[N+]1(CCO)CCOCC1.Cc1ccc(S(=O)(=O)O)cc1. The summed E-state index contributed by atoms with van der Waals surface area (Å²) in [6.07, 6.45) is 0. The quantitative estimate of drug-likeness (QED) is 0.637. The van der Waals surface area contributed by atoms with Gasteiger partial charge in [0.15, 0.2) is 0 Å². The van der Waals surface area contributed by atoms with Crippen molar-refractivity contribution < 1.29 is 27.3 Å². The van der Waals surface area contributed by atoms with Gasteiger partial charge in [-0.25, -0.2) is 0 Å². The second-order valence-electron chi connectivity index (χ2n) is 5.45. The third-order valence-corrected chi connectivity index (χ3v) is 4.85. The van der Waals surface area contributed by atoms with Gasteiger partial charge in [-0.15, -0.1) is 0 Å². The molecular weight excluding hydrogens is 306 g/mol. The zero-order valence-corrected chi connectivity index (χ0v) is 14.1. The molecule has 0 amide bonds. The maximum Gasteiger partial charge on any atom is 0.294 e. The first kappa shape index (κ1) is 19.1. The van der Waals surface area contributed by atoms with Crippen LogP contribution in [-0.4, -0.2) is 68.6 Å². The molecule has 0 radical (unpaired) electrons. The number of benzene rings is 1. The van der Waals surface area contributed by atoms with Crippen LogP contribution >= 0.6 is 0 Å². The first-order valence-corrected chi connectivity index (χ1v) is 8.85. The Hall–Kier alpha value is -0.990. The lowest BCUT2D eigenvalue weighted by molar-refractivity contribution is -0.933. The zero-order valence-electron chi connectivity index (χ0n) is 13.2. The Bertz CT molecular complexity index is 530. The summed E-state index contributed by atoms with van der Waals surface area (Å²) in [5.41, 5.74) is 0.956. The average molecular weight is 332 g/mol. The standard InChI is InChI=1S/C8H18NO2.C7H8O3S/c1-2-9(3-6-10)4-7-11-8-5-9;1-6-2-4-7(5-3-6)11(8,9)10/h10H,2-8H2,1H3;2-5H,1H3,(H,8,9,10)/q+1;. The van der Waals surface area contributed by atoms with Crippen LogP contribution in [0.15, 0.2) is 29.2 Å². The second-order valence-corrected chi connectivity index (χ2v) is 6.87. The van der Waals surface area contributed by atoms with E-state index in [4.69, 9.17) is 14.4 Å². The minimum atomic E-state index is -4.02. The minimum Gasteiger partial charge on any atom is -0.391 e. The first-order valence-electron chi connectivity index (χ1n) is 7.41. The van der Waals surface area contributed by atoms with Crippen LogP contribution < -0.4 is 0 Å². The van der Waals surface area contributed by atoms with E-state index < -0.39 is 10.1 Å². The van der Waals surface area contributed by atoms with Gasteiger partial charge < -0.3 is 14.3 Å². The van der Waals surface area contributed by atoms with Crippen LogP contribution in [0.4, 0.5) is 0 Å². The summed E-state index contributed by atoms with van der Waals surface area (Å²) in [6, 6.07) is 5.99. The van der Waals surface area contributed by atoms with Crippen molar-refractivity contribution in [3.63, 3.8) is 0 Å². The van der Waals surface area contributed by atoms with Crippen molar-refractivity contribution in [2.24, 2.45) is 0 Å². The largest absolute Gasteiger partial charge is 0.391 e. The van der Waals surface area contributed by atoms with E-state index >= 15 is 0 Å². The van der Waals surface area contributed by atoms with E-state index in [-0.39, 0.29) is 4.90 Å². The smallest absolute Gasteiger partial charge is 0.294 e. The lowest BCUT2D eigenvalue weighted by Gasteiger charge is -2.40. The second kappa shape index (κ2) is 8.59. The number of hydrogen-bond acceptors (Lipinski definition) is 4. The summed E-state index contributed by atoms with van der Waals surface area (Å²) in [4.78, 5) is -0.0666. The number of quaternary nitrogens is 1. The van der Waals surface area contributed by atoms with Crippen LogP contribution in [0, 0.1) is 6.92 Å². The van der Waals surface area contributed by atoms with Crippen molar-refractivity contribution in [3.05, 3.63) is 29.8 Å². The Morgan fingerprint density at radius 2 is 1.73 bits per heavy atom. The number of likely N-dealkylation sites (N-methyl/N-ethyl adjacent to an activating group) is 1. The van der Waals surface area contributed by atoms with Crippen LogP contribution in [0.2, 0.25) is 0 Å². The highest BCUT2D eigenvalue weighted by Crippen LogP contribution is 2.10. The summed E-state index contributed by atoms with van der Waals surface area (Å²) in [6.45, 7) is 10.2. The average Bonchev–Trinajstić information content (AvgIpc) is 2.49. The number of aliphatic hydroxyl groups is 1. The molecule has 0 bridgehead atoms. The van der Waals surface area contributed by atoms with Crippen molar-refractivity contribution in [2.75, 3.05) is 46.0 Å². The molecule has 1 aromatic carbocycles. The third-order valence-electron chi connectivity index (χ3n) is 3.98. The molecule has 2 N–H and O–H groups in total. The number of ether oxygens (including phenoxy) is 1. The van der Waals surface area contributed by atoms with Crippen molar-refractivity contribution in [1.82, 2.24) is 0 Å². The maximum atomic E-state index is 10.5. The molecule has 22 heavy (non-hydrogen) atoms. The Kier molecular flexibility index (Phi) is 7.44. The molecule has 1 aromatic rings. The summed E-state index contributed by atoms with van der Waals surface area (Å²) >= 11 is 0. The number of nitrogens with zero attached hydrogens (tertiary/aromatic N) is 1. The summed E-state index contributed by atoms with van der Waals surface area (Å²) in [7, 11) is -4.02. The fourth-order valence-electron chi connectivity index (χ4n) is 2.35. The van der Waals surface area contributed by atoms with Crippen LogP contribution in [0.25, 0.3) is 0 Å². The van der Waals surface area contributed by atoms with E-state index in [9.17, 15) is 8.42 Å². The molecule has 2 rings (SSSR count). The molecule has 6 nitrogen and oxygen atoms in total. The third kappa shape index (κ3) is 6.02. The van der Waals surface area contributed by atoms with Crippen molar-refractivity contribution in [3.8, 4) is 0 Å². The lowest BCUT2D eigenvalue weighted by Crippen LogP contribution is -2.56. The van der Waals surface area contributed by atoms with Crippen LogP contribution in [0.5, 0.6) is 0 Å². The van der Waals surface area contributed by atoms with Gasteiger partial charge in [-0.1, -0.05) is 17.7 Å². The monoisotopic (exact) mass is 332 g/mol. The van der Waals surface area contributed by atoms with Crippen molar-refractivity contribution >= 4 is 10.1 Å². The minimum absolute atomic E-state index is 0.0666. The van der Waals surface area contributed by atoms with Gasteiger partial charge in [0.05, 0.1) is 31.3 Å². The van der Waals surface area contributed by atoms with Gasteiger partial charge in [-0.3, -0.25) is 4.55 Å². The first-order chi connectivity index (χ1) is 10.3. The molecule has 0 aromatic heterocycles. The summed E-state index contributed by atoms with van der Waals surface area (Å²) < 4.78 is 35.9. The van der Waals surface area contributed by atoms with E-state index in [1.165, 1.54) is 12.1 Å². The lowest BCUT2D eigenvalue weighted by atomic mass is 10.2. The number of hydrogen-bond donors (Lipinski definition) is 2. The van der Waals surface area contributed by atoms with Gasteiger partial charge in [0.1, 0.15) is 19.6 Å². The van der Waals surface area contributed by atoms with Gasteiger partial charge in [0.25, 0.3) is 10.1 Å². The number of aryl methyl sites for hydroxylation is 1. The molecule has 1 aliphatic rings. The Morgan fingerprint density at radius 3 is 2.14 bits per heavy atom. The van der Waals surface area contributed by atoms with Crippen molar-refractivity contribution in [2.45, 2.75) is 18.7 Å². The Balaban J connectivity index is 0.000000220. The van der Waals surface area contributed by atoms with Crippen LogP contribution in [-0.2, 0) is 14.9 Å². The van der Waals surface area contributed by atoms with Gasteiger partial charge >= 0.3 is 0 Å². The molecule has 0 saturated carbocycles. The van der Waals surface area contributed by atoms with Crippen LogP contribution in [0.1, 0.15) is 12.5 Å². The van der Waals surface area contributed by atoms with E-state index in [2.05, 4.69) is 6.92 Å². The highest BCUT2D eigenvalue weighted by Gasteiger charge is 2.27. The molecule has 0 unspecified atom stereocenters. The molecule has 1 saturated heterocycles. The summed E-state index contributed by atoms with van der Waals surface area (Å²) in [5.74, 6) is 0.